The number of tetrazole rings is 1. The molecular formula is C15H16N6O2S. The van der Waals surface area contributed by atoms with Crippen molar-refractivity contribution in [3.8, 4) is 5.75 Å². The highest BCUT2D eigenvalue weighted by molar-refractivity contribution is 7.99. The van der Waals surface area contributed by atoms with Crippen molar-refractivity contribution in [1.82, 2.24) is 30.5 Å². The molecule has 2 heterocycles. The largest absolute Gasteiger partial charge is 0.489 e. The second-order valence-corrected chi connectivity index (χ2v) is 5.85. The first kappa shape index (κ1) is 16.2. The van der Waals surface area contributed by atoms with E-state index in [9.17, 15) is 4.79 Å². The molecule has 3 rings (SSSR count). The number of aromatic nitrogens is 5. The summed E-state index contributed by atoms with van der Waals surface area (Å²) in [5, 5.41) is 15.5. The van der Waals surface area contributed by atoms with E-state index in [0.717, 1.165) is 10.9 Å². The van der Waals surface area contributed by atoms with E-state index in [1.807, 2.05) is 30.3 Å². The quantitative estimate of drug-likeness (QED) is 0.505. The number of hydrogen-bond acceptors (Lipinski definition) is 7. The molecule has 24 heavy (non-hydrogen) atoms. The third-order valence-electron chi connectivity index (χ3n) is 3.19. The van der Waals surface area contributed by atoms with Gasteiger partial charge in [-0.25, -0.2) is 4.68 Å². The van der Waals surface area contributed by atoms with E-state index in [-0.39, 0.29) is 11.7 Å². The van der Waals surface area contributed by atoms with E-state index >= 15 is 0 Å². The Balaban J connectivity index is 1.43. The van der Waals surface area contributed by atoms with Crippen LogP contribution in [-0.2, 0) is 11.8 Å². The molecule has 1 amide bonds. The molecule has 0 aliphatic carbocycles. The molecule has 9 heteroatoms. The summed E-state index contributed by atoms with van der Waals surface area (Å²) < 4.78 is 7.24. The van der Waals surface area contributed by atoms with Crippen LogP contribution in [0, 0.1) is 0 Å². The predicted molar refractivity (Wildman–Crippen MR) is 89.8 cm³/mol. The molecule has 0 saturated heterocycles. The topological polar surface area (TPSA) is 94.8 Å². The fraction of sp³-hybridized carbons (Fsp3) is 0.267. The summed E-state index contributed by atoms with van der Waals surface area (Å²) >= 11 is 1.28. The average Bonchev–Trinajstić information content (AvgIpc) is 3.02. The monoisotopic (exact) mass is 344 g/mol. The number of nitrogens with zero attached hydrogens (tertiary/aromatic N) is 5. The molecule has 124 valence electrons. The molecule has 0 fully saturated rings. The molecule has 3 aromatic rings. The van der Waals surface area contributed by atoms with Gasteiger partial charge in [-0.15, -0.1) is 5.10 Å². The molecule has 8 nitrogen and oxygen atoms in total. The van der Waals surface area contributed by atoms with Gasteiger partial charge in [0.05, 0.1) is 12.3 Å². The van der Waals surface area contributed by atoms with Gasteiger partial charge in [-0.1, -0.05) is 30.0 Å². The number of carbonyl (C=O) groups is 1. The third kappa shape index (κ3) is 3.99. The number of rotatable bonds is 7. The van der Waals surface area contributed by atoms with E-state index in [1.54, 1.807) is 13.2 Å². The molecule has 0 saturated carbocycles. The first-order valence-electron chi connectivity index (χ1n) is 7.32. The van der Waals surface area contributed by atoms with Crippen molar-refractivity contribution < 1.29 is 9.53 Å². The summed E-state index contributed by atoms with van der Waals surface area (Å²) in [6.45, 7) is 0.789. The highest BCUT2D eigenvalue weighted by Gasteiger charge is 2.07. The summed E-state index contributed by atoms with van der Waals surface area (Å²) in [6.07, 6.45) is 1.73. The lowest BCUT2D eigenvalue weighted by molar-refractivity contribution is -0.118. The minimum Gasteiger partial charge on any atom is -0.489 e. The number of para-hydroxylation sites is 1. The Bertz CT molecular complexity index is 832. The minimum atomic E-state index is -0.0948. The van der Waals surface area contributed by atoms with E-state index in [4.69, 9.17) is 4.74 Å². The zero-order valence-electron chi connectivity index (χ0n) is 13.0. The lowest BCUT2D eigenvalue weighted by Gasteiger charge is -2.09. The lowest BCUT2D eigenvalue weighted by atomic mass is 10.2. The normalized spacial score (nSPS) is 10.7. The highest BCUT2D eigenvalue weighted by Crippen LogP contribution is 2.22. The molecule has 1 aromatic carbocycles. The van der Waals surface area contributed by atoms with Crippen molar-refractivity contribution >= 4 is 28.6 Å². The Morgan fingerprint density at radius 1 is 1.33 bits per heavy atom. The van der Waals surface area contributed by atoms with Crippen LogP contribution in [0.3, 0.4) is 0 Å². The summed E-state index contributed by atoms with van der Waals surface area (Å²) in [5.41, 5.74) is 0.816. The first-order valence-corrected chi connectivity index (χ1v) is 8.31. The van der Waals surface area contributed by atoms with E-state index in [2.05, 4.69) is 25.8 Å². The van der Waals surface area contributed by atoms with Crippen LogP contribution in [0.15, 0.2) is 41.7 Å². The van der Waals surface area contributed by atoms with Crippen LogP contribution in [0.5, 0.6) is 5.75 Å². The second-order valence-electron chi connectivity index (χ2n) is 4.90. The predicted octanol–water partition coefficient (Wildman–Crippen LogP) is 1.05. The molecule has 0 radical (unpaired) electrons. The van der Waals surface area contributed by atoms with E-state index in [0.29, 0.717) is 24.1 Å². The van der Waals surface area contributed by atoms with Crippen molar-refractivity contribution in [3.05, 3.63) is 36.5 Å². The number of aryl methyl sites for hydroxylation is 1. The molecule has 0 spiro atoms. The molecule has 1 N–H and O–H groups in total. The third-order valence-corrected chi connectivity index (χ3v) is 4.20. The van der Waals surface area contributed by atoms with Crippen molar-refractivity contribution in [1.29, 1.82) is 0 Å². The van der Waals surface area contributed by atoms with Gasteiger partial charge in [0.2, 0.25) is 11.1 Å². The summed E-state index contributed by atoms with van der Waals surface area (Å²) in [6, 6.07) is 9.64. The maximum absolute atomic E-state index is 11.8. The van der Waals surface area contributed by atoms with Crippen molar-refractivity contribution in [2.24, 2.45) is 7.05 Å². The Morgan fingerprint density at radius 3 is 3.04 bits per heavy atom. The molecule has 0 bridgehead atoms. The Kier molecular flexibility index (Phi) is 5.22. The SMILES string of the molecule is Cn1nnnc1SCC(=O)NCCOc1cccc2cccnc12. The molecule has 0 aliphatic rings. The van der Waals surface area contributed by atoms with Gasteiger partial charge in [-0.3, -0.25) is 9.78 Å². The van der Waals surface area contributed by atoms with Crippen LogP contribution >= 0.6 is 11.8 Å². The Hall–Kier alpha value is -2.68. The number of pyridine rings is 1. The fourth-order valence-electron chi connectivity index (χ4n) is 2.07. The standard InChI is InChI=1S/C15H16N6O2S/c1-21-15(18-19-20-21)24-10-13(22)16-8-9-23-12-6-2-4-11-5-3-7-17-14(11)12/h2-7H,8-10H2,1H3,(H,16,22). The summed E-state index contributed by atoms with van der Waals surface area (Å²) in [5.74, 6) is 0.869. The van der Waals surface area contributed by atoms with Crippen LogP contribution in [-0.4, -0.2) is 50.0 Å². The van der Waals surface area contributed by atoms with Gasteiger partial charge in [0, 0.05) is 18.6 Å². The number of nitrogens with one attached hydrogen (secondary N) is 1. The zero-order valence-corrected chi connectivity index (χ0v) is 13.9. The number of hydrogen-bond donors (Lipinski definition) is 1. The Labute approximate surface area is 142 Å². The molecule has 0 atom stereocenters. The van der Waals surface area contributed by atoms with Gasteiger partial charge >= 0.3 is 0 Å². The van der Waals surface area contributed by atoms with Gasteiger partial charge in [0.25, 0.3) is 0 Å². The van der Waals surface area contributed by atoms with Gasteiger partial charge in [0.1, 0.15) is 17.9 Å². The van der Waals surface area contributed by atoms with Crippen LogP contribution < -0.4 is 10.1 Å². The fourth-order valence-corrected chi connectivity index (χ4v) is 2.75. The molecular weight excluding hydrogens is 328 g/mol. The zero-order chi connectivity index (χ0) is 16.8. The average molecular weight is 344 g/mol. The lowest BCUT2D eigenvalue weighted by Crippen LogP contribution is -2.29. The van der Waals surface area contributed by atoms with Crippen molar-refractivity contribution in [3.63, 3.8) is 0 Å². The van der Waals surface area contributed by atoms with Crippen molar-refractivity contribution in [2.45, 2.75) is 5.16 Å². The van der Waals surface area contributed by atoms with Crippen LogP contribution in [0.25, 0.3) is 10.9 Å². The van der Waals surface area contributed by atoms with Gasteiger partial charge in [-0.2, -0.15) is 0 Å². The number of ether oxygens (including phenoxy) is 1. The number of fused-ring (bicyclic) bond motifs is 1. The highest BCUT2D eigenvalue weighted by atomic mass is 32.2. The maximum Gasteiger partial charge on any atom is 0.230 e. The first-order chi connectivity index (χ1) is 11.7. The number of carbonyl (C=O) groups excluding carboxylic acids is 1. The number of thioether (sulfide) groups is 1. The smallest absolute Gasteiger partial charge is 0.230 e. The van der Waals surface area contributed by atoms with E-state index < -0.39 is 0 Å². The van der Waals surface area contributed by atoms with Crippen LogP contribution in [0.4, 0.5) is 0 Å². The molecule has 0 aliphatic heterocycles. The molecule has 2 aromatic heterocycles. The minimum absolute atomic E-state index is 0.0948. The van der Waals surface area contributed by atoms with Gasteiger partial charge < -0.3 is 10.1 Å². The number of amides is 1. The number of benzene rings is 1. The Morgan fingerprint density at radius 2 is 2.21 bits per heavy atom. The maximum atomic E-state index is 11.8. The van der Waals surface area contributed by atoms with E-state index in [1.165, 1.54) is 16.4 Å². The van der Waals surface area contributed by atoms with Gasteiger partial charge in [-0.05, 0) is 22.6 Å². The summed E-state index contributed by atoms with van der Waals surface area (Å²) in [4.78, 5) is 16.1. The second kappa shape index (κ2) is 7.73. The molecule has 0 unspecified atom stereocenters. The van der Waals surface area contributed by atoms with Crippen LogP contribution in [0.1, 0.15) is 0 Å². The summed E-state index contributed by atoms with van der Waals surface area (Å²) in [7, 11) is 1.73. The van der Waals surface area contributed by atoms with Gasteiger partial charge in [0.15, 0.2) is 0 Å². The van der Waals surface area contributed by atoms with Crippen molar-refractivity contribution in [2.75, 3.05) is 18.9 Å². The van der Waals surface area contributed by atoms with Crippen LogP contribution in [0.2, 0.25) is 0 Å².